The first kappa shape index (κ1) is 18.2. The van der Waals surface area contributed by atoms with Gasteiger partial charge >= 0.3 is 0 Å². The number of nitrogens with one attached hydrogen (secondary N) is 1. The number of sulfonamides is 1. The van der Waals surface area contributed by atoms with Crippen LogP contribution >= 0.6 is 11.6 Å². The number of hydrogen-bond donors (Lipinski definition) is 1. The third-order valence-corrected chi connectivity index (χ3v) is 6.28. The average Bonchev–Trinajstić information content (AvgIpc) is 2.62. The standard InChI is InChI=1S/C18H16ClN3O3S/c19-17-7-6-15(22-8-1-2-9-26(22,24)25)11-16(17)18(23)21-14-5-3-4-13(10-14)12-20/h3-7,10-11H,1-2,8-9H2,(H,21,23). The minimum Gasteiger partial charge on any atom is -0.322 e. The third kappa shape index (κ3) is 3.82. The van der Waals surface area contributed by atoms with Gasteiger partial charge in [0, 0.05) is 12.2 Å². The highest BCUT2D eigenvalue weighted by molar-refractivity contribution is 7.92. The molecule has 26 heavy (non-hydrogen) atoms. The number of benzene rings is 2. The molecule has 3 rings (SSSR count). The van der Waals surface area contributed by atoms with E-state index >= 15 is 0 Å². The van der Waals surface area contributed by atoms with Crippen molar-refractivity contribution in [1.29, 1.82) is 5.26 Å². The van der Waals surface area contributed by atoms with E-state index in [1.165, 1.54) is 16.4 Å². The Labute approximate surface area is 157 Å². The van der Waals surface area contributed by atoms with Gasteiger partial charge in [0.25, 0.3) is 5.91 Å². The molecule has 1 N–H and O–H groups in total. The molecule has 1 heterocycles. The van der Waals surface area contributed by atoms with Crippen molar-refractivity contribution in [3.8, 4) is 6.07 Å². The lowest BCUT2D eigenvalue weighted by Crippen LogP contribution is -2.38. The van der Waals surface area contributed by atoms with Gasteiger partial charge in [-0.3, -0.25) is 9.10 Å². The summed E-state index contributed by atoms with van der Waals surface area (Å²) in [4.78, 5) is 12.6. The van der Waals surface area contributed by atoms with Gasteiger partial charge in [-0.1, -0.05) is 17.7 Å². The first-order chi connectivity index (χ1) is 12.4. The van der Waals surface area contributed by atoms with E-state index in [0.29, 0.717) is 29.9 Å². The Balaban J connectivity index is 1.90. The van der Waals surface area contributed by atoms with E-state index in [4.69, 9.17) is 16.9 Å². The van der Waals surface area contributed by atoms with Crippen molar-refractivity contribution < 1.29 is 13.2 Å². The number of anilines is 2. The molecule has 6 nitrogen and oxygen atoms in total. The highest BCUT2D eigenvalue weighted by Crippen LogP contribution is 2.28. The molecule has 134 valence electrons. The zero-order chi connectivity index (χ0) is 18.7. The molecule has 8 heteroatoms. The lowest BCUT2D eigenvalue weighted by Gasteiger charge is -2.28. The number of nitrogens with zero attached hydrogens (tertiary/aromatic N) is 2. The Morgan fingerprint density at radius 3 is 2.73 bits per heavy atom. The van der Waals surface area contributed by atoms with E-state index in [9.17, 15) is 13.2 Å². The van der Waals surface area contributed by atoms with Crippen LogP contribution in [0, 0.1) is 11.3 Å². The van der Waals surface area contributed by atoms with Crippen LogP contribution in [0.25, 0.3) is 0 Å². The van der Waals surface area contributed by atoms with Crippen LogP contribution < -0.4 is 9.62 Å². The molecule has 2 aromatic rings. The quantitative estimate of drug-likeness (QED) is 0.871. The molecule has 0 bridgehead atoms. The second-order valence-electron chi connectivity index (χ2n) is 5.91. The number of amides is 1. The van der Waals surface area contributed by atoms with E-state index < -0.39 is 15.9 Å². The third-order valence-electron chi connectivity index (χ3n) is 4.08. The van der Waals surface area contributed by atoms with E-state index in [-0.39, 0.29) is 16.3 Å². The predicted molar refractivity (Wildman–Crippen MR) is 101 cm³/mol. The van der Waals surface area contributed by atoms with Crippen molar-refractivity contribution >= 4 is 38.9 Å². The monoisotopic (exact) mass is 389 g/mol. The maximum absolute atomic E-state index is 12.6. The summed E-state index contributed by atoms with van der Waals surface area (Å²) in [7, 11) is -3.38. The lowest BCUT2D eigenvalue weighted by atomic mass is 10.1. The molecule has 2 aromatic carbocycles. The molecular formula is C18H16ClN3O3S. The topological polar surface area (TPSA) is 90.3 Å². The highest BCUT2D eigenvalue weighted by Gasteiger charge is 2.27. The van der Waals surface area contributed by atoms with Gasteiger partial charge in [0.2, 0.25) is 10.0 Å². The summed E-state index contributed by atoms with van der Waals surface area (Å²) in [5, 5.41) is 11.8. The SMILES string of the molecule is N#Cc1cccc(NC(=O)c2cc(N3CCCCS3(=O)=O)ccc2Cl)c1. The molecule has 0 radical (unpaired) electrons. The Bertz CT molecular complexity index is 999. The van der Waals surface area contributed by atoms with Gasteiger partial charge in [-0.25, -0.2) is 8.42 Å². The maximum Gasteiger partial charge on any atom is 0.257 e. The molecule has 0 unspecified atom stereocenters. The van der Waals surface area contributed by atoms with Crippen LogP contribution in [0.5, 0.6) is 0 Å². The smallest absolute Gasteiger partial charge is 0.257 e. The summed E-state index contributed by atoms with van der Waals surface area (Å²) in [6.07, 6.45) is 1.40. The fourth-order valence-electron chi connectivity index (χ4n) is 2.79. The van der Waals surface area contributed by atoms with Crippen molar-refractivity contribution in [2.45, 2.75) is 12.8 Å². The second kappa shape index (κ2) is 7.36. The van der Waals surface area contributed by atoms with Crippen LogP contribution in [0.3, 0.4) is 0 Å². The van der Waals surface area contributed by atoms with Crippen molar-refractivity contribution in [1.82, 2.24) is 0 Å². The summed E-state index contributed by atoms with van der Waals surface area (Å²) >= 11 is 6.14. The van der Waals surface area contributed by atoms with Gasteiger partial charge in [0.15, 0.2) is 0 Å². The van der Waals surface area contributed by atoms with Gasteiger partial charge in [0.1, 0.15) is 0 Å². The zero-order valence-electron chi connectivity index (χ0n) is 13.8. The van der Waals surface area contributed by atoms with Crippen molar-refractivity contribution in [3.05, 3.63) is 58.6 Å². The first-order valence-electron chi connectivity index (χ1n) is 8.02. The van der Waals surface area contributed by atoms with Crippen LogP contribution in [-0.2, 0) is 10.0 Å². The van der Waals surface area contributed by atoms with Gasteiger partial charge in [-0.15, -0.1) is 0 Å². The number of carbonyl (C=O) groups excluding carboxylic acids is 1. The Morgan fingerprint density at radius 2 is 2.00 bits per heavy atom. The van der Waals surface area contributed by atoms with Gasteiger partial charge in [0.05, 0.1) is 33.7 Å². The minimum atomic E-state index is -3.38. The number of carbonyl (C=O) groups is 1. The van der Waals surface area contributed by atoms with E-state index in [1.807, 2.05) is 6.07 Å². The number of hydrogen-bond acceptors (Lipinski definition) is 4. The van der Waals surface area contributed by atoms with E-state index in [1.54, 1.807) is 30.3 Å². The molecule has 1 aliphatic rings. The minimum absolute atomic E-state index is 0.0953. The average molecular weight is 390 g/mol. The summed E-state index contributed by atoms with van der Waals surface area (Å²) in [6, 6.07) is 13.1. The van der Waals surface area contributed by atoms with Crippen molar-refractivity contribution in [2.24, 2.45) is 0 Å². The highest BCUT2D eigenvalue weighted by atomic mass is 35.5. The summed E-state index contributed by atoms with van der Waals surface area (Å²) in [5.41, 5.74) is 1.47. The number of nitriles is 1. The molecule has 0 atom stereocenters. The van der Waals surface area contributed by atoms with Crippen LogP contribution in [0.15, 0.2) is 42.5 Å². The van der Waals surface area contributed by atoms with Crippen molar-refractivity contribution in [2.75, 3.05) is 21.9 Å². The molecule has 0 aromatic heterocycles. The fraction of sp³-hybridized carbons (Fsp3) is 0.222. The first-order valence-corrected chi connectivity index (χ1v) is 10.0. The Kier molecular flexibility index (Phi) is 5.16. The predicted octanol–water partition coefficient (Wildman–Crippen LogP) is 3.39. The van der Waals surface area contributed by atoms with Crippen LogP contribution in [0.2, 0.25) is 5.02 Å². The molecule has 0 saturated carbocycles. The molecule has 1 fully saturated rings. The van der Waals surface area contributed by atoms with Crippen LogP contribution in [-0.4, -0.2) is 26.6 Å². The van der Waals surface area contributed by atoms with Crippen LogP contribution in [0.4, 0.5) is 11.4 Å². The fourth-order valence-corrected chi connectivity index (χ4v) is 4.62. The molecule has 0 spiro atoms. The zero-order valence-corrected chi connectivity index (χ0v) is 15.3. The number of rotatable bonds is 3. The Hall–Kier alpha value is -2.56. The van der Waals surface area contributed by atoms with Gasteiger partial charge < -0.3 is 5.32 Å². The molecule has 1 aliphatic heterocycles. The van der Waals surface area contributed by atoms with Gasteiger partial charge in [-0.2, -0.15) is 5.26 Å². The lowest BCUT2D eigenvalue weighted by molar-refractivity contribution is 0.102. The second-order valence-corrected chi connectivity index (χ2v) is 8.33. The van der Waals surface area contributed by atoms with Crippen molar-refractivity contribution in [3.63, 3.8) is 0 Å². The van der Waals surface area contributed by atoms with Gasteiger partial charge in [-0.05, 0) is 49.2 Å². The Morgan fingerprint density at radius 1 is 1.19 bits per heavy atom. The molecule has 1 saturated heterocycles. The molecule has 0 aliphatic carbocycles. The summed E-state index contributed by atoms with van der Waals surface area (Å²) < 4.78 is 25.9. The molecule has 1 amide bonds. The maximum atomic E-state index is 12.6. The normalized spacial score (nSPS) is 15.9. The van der Waals surface area contributed by atoms with Crippen LogP contribution in [0.1, 0.15) is 28.8 Å². The largest absolute Gasteiger partial charge is 0.322 e. The number of halogens is 1. The van der Waals surface area contributed by atoms with E-state index in [2.05, 4.69) is 5.32 Å². The van der Waals surface area contributed by atoms with E-state index in [0.717, 1.165) is 6.42 Å². The molecular weight excluding hydrogens is 374 g/mol. The summed E-state index contributed by atoms with van der Waals surface area (Å²) in [6.45, 7) is 0.384. The summed E-state index contributed by atoms with van der Waals surface area (Å²) in [5.74, 6) is -0.376.